The van der Waals surface area contributed by atoms with E-state index in [4.69, 9.17) is 4.74 Å². The SMILES string of the molecule is CCN1CCc2c(sc(NC(=O)c3c(C)cnn3C)c2C(=O)OC)C1. The zero-order valence-corrected chi connectivity index (χ0v) is 15.7. The smallest absolute Gasteiger partial charge is 0.341 e. The molecular formula is C17H22N4O3S. The van der Waals surface area contributed by atoms with Gasteiger partial charge in [-0.25, -0.2) is 4.79 Å². The molecule has 0 saturated heterocycles. The predicted molar refractivity (Wildman–Crippen MR) is 96.2 cm³/mol. The van der Waals surface area contributed by atoms with Gasteiger partial charge in [0.1, 0.15) is 10.7 Å². The Morgan fingerprint density at radius 2 is 2.20 bits per heavy atom. The summed E-state index contributed by atoms with van der Waals surface area (Å²) in [4.78, 5) is 28.4. The molecule has 1 aliphatic heterocycles. The molecule has 0 saturated carbocycles. The van der Waals surface area contributed by atoms with Gasteiger partial charge in [0.05, 0.1) is 18.9 Å². The minimum atomic E-state index is -0.403. The van der Waals surface area contributed by atoms with E-state index in [9.17, 15) is 9.59 Å². The molecule has 0 bridgehead atoms. The normalized spacial score (nSPS) is 14.2. The van der Waals surface area contributed by atoms with Crippen molar-refractivity contribution in [1.82, 2.24) is 14.7 Å². The second kappa shape index (κ2) is 6.97. The van der Waals surface area contributed by atoms with Gasteiger partial charge in [0.2, 0.25) is 0 Å². The topological polar surface area (TPSA) is 76.5 Å². The number of nitrogens with one attached hydrogen (secondary N) is 1. The fourth-order valence-corrected chi connectivity index (χ4v) is 4.44. The van der Waals surface area contributed by atoms with Gasteiger partial charge in [0.25, 0.3) is 5.91 Å². The number of anilines is 1. The molecule has 2 aromatic heterocycles. The first-order valence-electron chi connectivity index (χ1n) is 8.21. The van der Waals surface area contributed by atoms with Crippen molar-refractivity contribution in [3.63, 3.8) is 0 Å². The van der Waals surface area contributed by atoms with E-state index in [0.29, 0.717) is 16.3 Å². The van der Waals surface area contributed by atoms with E-state index >= 15 is 0 Å². The van der Waals surface area contributed by atoms with E-state index < -0.39 is 5.97 Å². The molecule has 0 unspecified atom stereocenters. The third-order valence-electron chi connectivity index (χ3n) is 4.54. The summed E-state index contributed by atoms with van der Waals surface area (Å²) in [5.74, 6) is -0.673. The number of aromatic nitrogens is 2. The highest BCUT2D eigenvalue weighted by Crippen LogP contribution is 2.37. The first kappa shape index (κ1) is 17.6. The Bertz CT molecular complexity index is 805. The van der Waals surface area contributed by atoms with Gasteiger partial charge in [-0.15, -0.1) is 11.3 Å². The summed E-state index contributed by atoms with van der Waals surface area (Å²) in [6, 6.07) is 0. The minimum Gasteiger partial charge on any atom is -0.465 e. The lowest BCUT2D eigenvalue weighted by Gasteiger charge is -2.25. The zero-order chi connectivity index (χ0) is 18.1. The maximum absolute atomic E-state index is 12.7. The lowest BCUT2D eigenvalue weighted by molar-refractivity contribution is 0.0600. The van der Waals surface area contributed by atoms with Crippen LogP contribution in [0.2, 0.25) is 0 Å². The van der Waals surface area contributed by atoms with E-state index in [1.165, 1.54) is 23.1 Å². The van der Waals surface area contributed by atoms with E-state index in [1.54, 1.807) is 13.2 Å². The average Bonchev–Trinajstić information content (AvgIpc) is 3.12. The molecule has 1 N–H and O–H groups in total. The number of methoxy groups -OCH3 is 1. The van der Waals surface area contributed by atoms with Crippen LogP contribution in [0, 0.1) is 6.92 Å². The minimum absolute atomic E-state index is 0.270. The van der Waals surface area contributed by atoms with Crippen LogP contribution in [-0.2, 0) is 24.8 Å². The number of fused-ring (bicyclic) bond motifs is 1. The van der Waals surface area contributed by atoms with Crippen LogP contribution < -0.4 is 5.32 Å². The molecule has 0 atom stereocenters. The van der Waals surface area contributed by atoms with Crippen LogP contribution in [0.3, 0.4) is 0 Å². The van der Waals surface area contributed by atoms with Crippen LogP contribution in [0.5, 0.6) is 0 Å². The van der Waals surface area contributed by atoms with Crippen molar-refractivity contribution in [2.24, 2.45) is 7.05 Å². The number of esters is 1. The van der Waals surface area contributed by atoms with Gasteiger partial charge >= 0.3 is 5.97 Å². The number of nitrogens with zero attached hydrogens (tertiary/aromatic N) is 3. The third-order valence-corrected chi connectivity index (χ3v) is 5.67. The maximum Gasteiger partial charge on any atom is 0.341 e. The second-order valence-corrected chi connectivity index (χ2v) is 7.18. The largest absolute Gasteiger partial charge is 0.465 e. The van der Waals surface area contributed by atoms with E-state index in [0.717, 1.165) is 42.1 Å². The lowest BCUT2D eigenvalue weighted by Crippen LogP contribution is -2.30. The lowest BCUT2D eigenvalue weighted by atomic mass is 10.0. The number of amides is 1. The number of aryl methyl sites for hydroxylation is 2. The van der Waals surface area contributed by atoms with Crippen LogP contribution in [0.25, 0.3) is 0 Å². The van der Waals surface area contributed by atoms with E-state index in [-0.39, 0.29) is 5.91 Å². The average molecular weight is 362 g/mol. The highest BCUT2D eigenvalue weighted by atomic mass is 32.1. The number of hydrogen-bond acceptors (Lipinski definition) is 6. The molecule has 0 aromatic carbocycles. The van der Waals surface area contributed by atoms with E-state index in [1.807, 2.05) is 6.92 Å². The molecule has 7 nitrogen and oxygen atoms in total. The number of likely N-dealkylation sites (N-methyl/N-ethyl adjacent to an activating group) is 1. The van der Waals surface area contributed by atoms with Crippen molar-refractivity contribution < 1.29 is 14.3 Å². The van der Waals surface area contributed by atoms with Crippen molar-refractivity contribution in [2.45, 2.75) is 26.8 Å². The molecule has 0 radical (unpaired) electrons. The van der Waals surface area contributed by atoms with Gasteiger partial charge in [0, 0.05) is 25.0 Å². The molecule has 3 rings (SSSR count). The second-order valence-electron chi connectivity index (χ2n) is 6.07. The monoisotopic (exact) mass is 362 g/mol. The van der Waals surface area contributed by atoms with Crippen LogP contribution in [0.15, 0.2) is 6.20 Å². The number of hydrogen-bond donors (Lipinski definition) is 1. The van der Waals surface area contributed by atoms with Crippen molar-refractivity contribution in [1.29, 1.82) is 0 Å². The Labute approximate surface area is 150 Å². The van der Waals surface area contributed by atoms with Gasteiger partial charge in [-0.05, 0) is 31.0 Å². The zero-order valence-electron chi connectivity index (χ0n) is 14.9. The van der Waals surface area contributed by atoms with Crippen molar-refractivity contribution in [3.05, 3.63) is 33.5 Å². The van der Waals surface area contributed by atoms with Crippen LogP contribution in [0.1, 0.15) is 43.8 Å². The summed E-state index contributed by atoms with van der Waals surface area (Å²) in [5.41, 5.74) is 2.76. The van der Waals surface area contributed by atoms with Crippen molar-refractivity contribution >= 4 is 28.2 Å². The quantitative estimate of drug-likeness (QED) is 0.844. The summed E-state index contributed by atoms with van der Waals surface area (Å²) in [5, 5.41) is 7.55. The van der Waals surface area contributed by atoms with E-state index in [2.05, 4.69) is 22.2 Å². The molecular weight excluding hydrogens is 340 g/mol. The molecule has 8 heteroatoms. The molecule has 0 spiro atoms. The number of carbonyl (C=O) groups is 2. The summed E-state index contributed by atoms with van der Waals surface area (Å²) in [6.07, 6.45) is 2.43. The molecule has 25 heavy (non-hydrogen) atoms. The summed E-state index contributed by atoms with van der Waals surface area (Å²) in [6.45, 7) is 6.61. The van der Waals surface area contributed by atoms with Crippen LogP contribution >= 0.6 is 11.3 Å². The first-order valence-corrected chi connectivity index (χ1v) is 9.03. The molecule has 134 valence electrons. The molecule has 2 aromatic rings. The molecule has 0 fully saturated rings. The summed E-state index contributed by atoms with van der Waals surface area (Å²) in [7, 11) is 3.09. The maximum atomic E-state index is 12.7. The summed E-state index contributed by atoms with van der Waals surface area (Å²) < 4.78 is 6.50. The van der Waals surface area contributed by atoms with Crippen LogP contribution in [0.4, 0.5) is 5.00 Å². The first-order chi connectivity index (χ1) is 12.0. The molecule has 1 amide bonds. The Morgan fingerprint density at radius 1 is 1.44 bits per heavy atom. The highest BCUT2D eigenvalue weighted by Gasteiger charge is 2.29. The predicted octanol–water partition coefficient (Wildman–Crippen LogP) is 2.21. The Hall–Kier alpha value is -2.19. The standard InChI is InChI=1S/C17H22N4O3S/c1-5-21-7-6-11-12(9-21)25-16(13(11)17(23)24-4)19-15(22)14-10(2)8-18-20(14)3/h8H,5-7,9H2,1-4H3,(H,19,22). The Kier molecular flexibility index (Phi) is 4.91. The van der Waals surface area contributed by atoms with Gasteiger partial charge in [-0.2, -0.15) is 5.10 Å². The number of rotatable bonds is 4. The number of thiophene rings is 1. The van der Waals surface area contributed by atoms with Gasteiger partial charge < -0.3 is 10.1 Å². The molecule has 0 aliphatic carbocycles. The number of carbonyl (C=O) groups excluding carboxylic acids is 2. The molecule has 3 heterocycles. The number of ether oxygens (including phenoxy) is 1. The third kappa shape index (κ3) is 3.19. The van der Waals surface area contributed by atoms with Crippen molar-refractivity contribution in [3.8, 4) is 0 Å². The fraction of sp³-hybridized carbons (Fsp3) is 0.471. The summed E-state index contributed by atoms with van der Waals surface area (Å²) >= 11 is 1.46. The van der Waals surface area contributed by atoms with Gasteiger partial charge in [-0.1, -0.05) is 6.92 Å². The highest BCUT2D eigenvalue weighted by molar-refractivity contribution is 7.17. The van der Waals surface area contributed by atoms with Gasteiger partial charge in [0.15, 0.2) is 0 Å². The Morgan fingerprint density at radius 3 is 2.80 bits per heavy atom. The Balaban J connectivity index is 1.97. The molecule has 1 aliphatic rings. The fourth-order valence-electron chi connectivity index (χ4n) is 3.17. The van der Waals surface area contributed by atoms with Gasteiger partial charge in [-0.3, -0.25) is 14.4 Å². The van der Waals surface area contributed by atoms with Crippen molar-refractivity contribution in [2.75, 3.05) is 25.5 Å². The van der Waals surface area contributed by atoms with Crippen LogP contribution in [-0.4, -0.2) is 46.8 Å².